The van der Waals surface area contributed by atoms with Crippen molar-refractivity contribution >= 4 is 5.69 Å². The van der Waals surface area contributed by atoms with Gasteiger partial charge in [0.15, 0.2) is 0 Å². The van der Waals surface area contributed by atoms with Crippen molar-refractivity contribution in [2.24, 2.45) is 5.92 Å². The molecule has 0 aliphatic carbocycles. The molecule has 2 aliphatic heterocycles. The number of hydrogen-bond acceptors (Lipinski definition) is 2. The van der Waals surface area contributed by atoms with Crippen LogP contribution in [0.5, 0.6) is 0 Å². The predicted molar refractivity (Wildman–Crippen MR) is 67.8 cm³/mol. The number of halogens is 1. The van der Waals surface area contributed by atoms with Crippen LogP contribution in [0.1, 0.15) is 30.7 Å². The first kappa shape index (κ1) is 11.0. The lowest BCUT2D eigenvalue weighted by Gasteiger charge is -2.35. The van der Waals surface area contributed by atoms with Gasteiger partial charge in [-0.15, -0.1) is 0 Å². The molecule has 0 bridgehead atoms. The minimum atomic E-state index is -0.137. The Morgan fingerprint density at radius 1 is 1.06 bits per heavy atom. The van der Waals surface area contributed by atoms with E-state index in [9.17, 15) is 4.39 Å². The molecule has 0 radical (unpaired) electrons. The topological polar surface area (TPSA) is 24.1 Å². The zero-order valence-electron chi connectivity index (χ0n) is 10.0. The van der Waals surface area contributed by atoms with Crippen molar-refractivity contribution in [3.63, 3.8) is 0 Å². The monoisotopic (exact) mass is 234 g/mol. The molecular formula is C14H19FN2. The highest BCUT2D eigenvalue weighted by Gasteiger charge is 2.28. The summed E-state index contributed by atoms with van der Waals surface area (Å²) in [5.74, 6) is 1.25. The third-order valence-electron chi connectivity index (χ3n) is 4.14. The second-order valence-corrected chi connectivity index (χ2v) is 5.14. The van der Waals surface area contributed by atoms with Gasteiger partial charge in [-0.05, 0) is 61.9 Å². The summed E-state index contributed by atoms with van der Waals surface area (Å²) >= 11 is 0. The molecule has 2 N–H and O–H groups in total. The largest absolute Gasteiger partial charge is 0.385 e. The molecule has 3 rings (SSSR count). The van der Waals surface area contributed by atoms with Gasteiger partial charge in [-0.2, -0.15) is 0 Å². The SMILES string of the molecule is Fc1ccc2c(c1)NCCC2C1CCNCC1. The molecule has 1 fully saturated rings. The number of fused-ring (bicyclic) bond motifs is 1. The van der Waals surface area contributed by atoms with Gasteiger partial charge in [-0.1, -0.05) is 6.07 Å². The molecule has 0 spiro atoms. The number of piperidine rings is 1. The molecule has 0 amide bonds. The molecule has 1 saturated heterocycles. The van der Waals surface area contributed by atoms with Crippen LogP contribution in [0.4, 0.5) is 10.1 Å². The van der Waals surface area contributed by atoms with E-state index in [1.165, 1.54) is 24.8 Å². The summed E-state index contributed by atoms with van der Waals surface area (Å²) in [6.45, 7) is 3.24. The summed E-state index contributed by atoms with van der Waals surface area (Å²) in [5, 5.41) is 6.73. The van der Waals surface area contributed by atoms with Crippen molar-refractivity contribution in [1.82, 2.24) is 5.32 Å². The molecular weight excluding hydrogens is 215 g/mol. The van der Waals surface area contributed by atoms with E-state index in [2.05, 4.69) is 10.6 Å². The summed E-state index contributed by atoms with van der Waals surface area (Å²) < 4.78 is 13.2. The summed E-state index contributed by atoms with van der Waals surface area (Å²) in [7, 11) is 0. The van der Waals surface area contributed by atoms with E-state index in [0.29, 0.717) is 5.92 Å². The Labute approximate surface area is 102 Å². The Morgan fingerprint density at radius 3 is 2.71 bits per heavy atom. The Kier molecular flexibility index (Phi) is 3.02. The third-order valence-corrected chi connectivity index (χ3v) is 4.14. The highest BCUT2D eigenvalue weighted by Crippen LogP contribution is 2.40. The molecule has 0 saturated carbocycles. The molecule has 3 heteroatoms. The van der Waals surface area contributed by atoms with Crippen molar-refractivity contribution in [2.45, 2.75) is 25.2 Å². The van der Waals surface area contributed by atoms with Crippen LogP contribution in [-0.4, -0.2) is 19.6 Å². The first-order valence-corrected chi connectivity index (χ1v) is 6.58. The maximum Gasteiger partial charge on any atom is 0.125 e. The third kappa shape index (κ3) is 2.16. The first-order chi connectivity index (χ1) is 8.34. The molecule has 17 heavy (non-hydrogen) atoms. The van der Waals surface area contributed by atoms with Crippen LogP contribution in [0, 0.1) is 11.7 Å². The predicted octanol–water partition coefficient (Wildman–Crippen LogP) is 2.72. The molecule has 1 aromatic carbocycles. The Hall–Kier alpha value is -1.09. The van der Waals surface area contributed by atoms with Crippen molar-refractivity contribution in [1.29, 1.82) is 0 Å². The normalized spacial score (nSPS) is 25.1. The molecule has 1 unspecified atom stereocenters. The molecule has 1 aromatic rings. The minimum absolute atomic E-state index is 0.137. The maximum absolute atomic E-state index is 13.2. The smallest absolute Gasteiger partial charge is 0.125 e. The number of hydrogen-bond donors (Lipinski definition) is 2. The first-order valence-electron chi connectivity index (χ1n) is 6.58. The zero-order valence-corrected chi connectivity index (χ0v) is 10.0. The average Bonchev–Trinajstić information content (AvgIpc) is 2.39. The maximum atomic E-state index is 13.2. The van der Waals surface area contributed by atoms with Crippen molar-refractivity contribution in [2.75, 3.05) is 25.0 Å². The van der Waals surface area contributed by atoms with E-state index in [0.717, 1.165) is 31.2 Å². The van der Waals surface area contributed by atoms with E-state index in [1.54, 1.807) is 12.1 Å². The van der Waals surface area contributed by atoms with Crippen molar-refractivity contribution in [3.8, 4) is 0 Å². The van der Waals surface area contributed by atoms with Crippen molar-refractivity contribution < 1.29 is 4.39 Å². The van der Waals surface area contributed by atoms with Crippen LogP contribution < -0.4 is 10.6 Å². The number of nitrogens with one attached hydrogen (secondary N) is 2. The molecule has 0 aromatic heterocycles. The fourth-order valence-corrected chi connectivity index (χ4v) is 3.26. The molecule has 2 heterocycles. The minimum Gasteiger partial charge on any atom is -0.385 e. The van der Waals surface area contributed by atoms with Gasteiger partial charge in [0.25, 0.3) is 0 Å². The van der Waals surface area contributed by atoms with Gasteiger partial charge in [0, 0.05) is 12.2 Å². The second kappa shape index (κ2) is 4.65. The summed E-state index contributed by atoms with van der Waals surface area (Å²) in [6, 6.07) is 5.21. The van der Waals surface area contributed by atoms with Crippen molar-refractivity contribution in [3.05, 3.63) is 29.6 Å². The van der Waals surface area contributed by atoms with Gasteiger partial charge in [0.2, 0.25) is 0 Å². The lowest BCUT2D eigenvalue weighted by Crippen LogP contribution is -2.33. The van der Waals surface area contributed by atoms with Gasteiger partial charge in [-0.3, -0.25) is 0 Å². The summed E-state index contributed by atoms with van der Waals surface area (Å²) in [4.78, 5) is 0. The standard InChI is InChI=1S/C14H19FN2/c15-11-1-2-13-12(5-8-17-14(13)9-11)10-3-6-16-7-4-10/h1-2,9-10,12,16-17H,3-8H2. The van der Waals surface area contributed by atoms with Crippen LogP contribution in [0.25, 0.3) is 0 Å². The quantitative estimate of drug-likeness (QED) is 0.780. The van der Waals surface area contributed by atoms with E-state index >= 15 is 0 Å². The average molecular weight is 234 g/mol. The lowest BCUT2D eigenvalue weighted by molar-refractivity contribution is 0.307. The van der Waals surface area contributed by atoms with Crippen LogP contribution in [0.2, 0.25) is 0 Å². The molecule has 1 atom stereocenters. The molecule has 2 aliphatic rings. The number of rotatable bonds is 1. The number of anilines is 1. The highest BCUT2D eigenvalue weighted by molar-refractivity contribution is 5.55. The van der Waals surface area contributed by atoms with Gasteiger partial charge >= 0.3 is 0 Å². The fourth-order valence-electron chi connectivity index (χ4n) is 3.26. The van der Waals surface area contributed by atoms with Gasteiger partial charge in [-0.25, -0.2) is 4.39 Å². The number of benzene rings is 1. The molecule has 92 valence electrons. The van der Waals surface area contributed by atoms with Crippen LogP contribution in [-0.2, 0) is 0 Å². The Bertz CT molecular complexity index is 399. The molecule has 2 nitrogen and oxygen atoms in total. The van der Waals surface area contributed by atoms with Crippen LogP contribution >= 0.6 is 0 Å². The lowest BCUT2D eigenvalue weighted by atomic mass is 9.76. The van der Waals surface area contributed by atoms with E-state index in [1.807, 2.05) is 6.07 Å². The summed E-state index contributed by atoms with van der Waals surface area (Å²) in [6.07, 6.45) is 3.69. The zero-order chi connectivity index (χ0) is 11.7. The van der Waals surface area contributed by atoms with Gasteiger partial charge in [0.05, 0.1) is 0 Å². The van der Waals surface area contributed by atoms with Gasteiger partial charge < -0.3 is 10.6 Å². The highest BCUT2D eigenvalue weighted by atomic mass is 19.1. The Morgan fingerprint density at radius 2 is 1.88 bits per heavy atom. The van der Waals surface area contributed by atoms with E-state index < -0.39 is 0 Å². The fraction of sp³-hybridized carbons (Fsp3) is 0.571. The van der Waals surface area contributed by atoms with E-state index in [-0.39, 0.29) is 5.82 Å². The Balaban J connectivity index is 1.88. The van der Waals surface area contributed by atoms with Crippen LogP contribution in [0.15, 0.2) is 18.2 Å². The summed E-state index contributed by atoms with van der Waals surface area (Å²) in [5.41, 5.74) is 2.34. The van der Waals surface area contributed by atoms with E-state index in [4.69, 9.17) is 0 Å². The second-order valence-electron chi connectivity index (χ2n) is 5.14. The van der Waals surface area contributed by atoms with Crippen LogP contribution in [0.3, 0.4) is 0 Å². The van der Waals surface area contributed by atoms with Gasteiger partial charge in [0.1, 0.15) is 5.82 Å².